The van der Waals surface area contributed by atoms with Crippen LogP contribution >= 0.6 is 15.9 Å². The smallest absolute Gasteiger partial charge is 0.410 e. The summed E-state index contributed by atoms with van der Waals surface area (Å²) in [6.45, 7) is 6.99. The fourth-order valence-electron chi connectivity index (χ4n) is 2.37. The summed E-state index contributed by atoms with van der Waals surface area (Å²) in [5.74, 6) is 0.791. The Hall–Kier alpha value is -1.43. The van der Waals surface area contributed by atoms with Crippen molar-refractivity contribution in [1.82, 2.24) is 4.90 Å². The van der Waals surface area contributed by atoms with Crippen LogP contribution in [0.1, 0.15) is 27.2 Å². The number of likely N-dealkylation sites (tertiary alicyclic amines) is 1. The number of amides is 1. The molecule has 22 heavy (non-hydrogen) atoms. The van der Waals surface area contributed by atoms with Crippen molar-refractivity contribution < 1.29 is 14.3 Å². The highest BCUT2D eigenvalue weighted by atomic mass is 79.9. The summed E-state index contributed by atoms with van der Waals surface area (Å²) in [5, 5.41) is 3.44. The molecule has 5 nitrogen and oxygen atoms in total. The molecular weight excluding hydrogens is 348 g/mol. The van der Waals surface area contributed by atoms with Gasteiger partial charge in [0.25, 0.3) is 0 Å². The third-order valence-electron chi connectivity index (χ3n) is 3.32. The van der Waals surface area contributed by atoms with Crippen LogP contribution < -0.4 is 10.1 Å². The lowest BCUT2D eigenvalue weighted by atomic mass is 10.2. The van der Waals surface area contributed by atoms with Crippen LogP contribution in [0.3, 0.4) is 0 Å². The summed E-state index contributed by atoms with van der Waals surface area (Å²) >= 11 is 3.47. The minimum atomic E-state index is -0.458. The van der Waals surface area contributed by atoms with Crippen LogP contribution in [0.15, 0.2) is 22.7 Å². The van der Waals surface area contributed by atoms with E-state index >= 15 is 0 Å². The summed E-state index contributed by atoms with van der Waals surface area (Å²) in [7, 11) is 1.64. The van der Waals surface area contributed by atoms with E-state index in [0.29, 0.717) is 13.1 Å². The summed E-state index contributed by atoms with van der Waals surface area (Å²) in [6.07, 6.45) is 0.650. The first-order valence-corrected chi connectivity index (χ1v) is 8.15. The van der Waals surface area contributed by atoms with Crippen molar-refractivity contribution in [1.29, 1.82) is 0 Å². The number of rotatable bonds is 3. The van der Waals surface area contributed by atoms with Crippen LogP contribution in [0.2, 0.25) is 0 Å². The predicted octanol–water partition coefficient (Wildman–Crippen LogP) is 3.88. The van der Waals surface area contributed by atoms with Crippen molar-refractivity contribution in [2.24, 2.45) is 0 Å². The molecule has 1 aromatic rings. The van der Waals surface area contributed by atoms with E-state index in [1.54, 1.807) is 12.0 Å². The molecule has 1 unspecified atom stereocenters. The van der Waals surface area contributed by atoms with Gasteiger partial charge in [0, 0.05) is 35.4 Å². The Morgan fingerprint density at radius 3 is 2.73 bits per heavy atom. The average molecular weight is 371 g/mol. The maximum atomic E-state index is 12.1. The lowest BCUT2D eigenvalue weighted by Crippen LogP contribution is -2.36. The second kappa shape index (κ2) is 6.77. The third kappa shape index (κ3) is 4.80. The zero-order valence-corrected chi connectivity index (χ0v) is 15.1. The van der Waals surface area contributed by atoms with Crippen molar-refractivity contribution in [2.75, 3.05) is 25.5 Å². The molecule has 122 valence electrons. The number of carbonyl (C=O) groups is 1. The molecule has 1 N–H and O–H groups in total. The molecule has 0 spiro atoms. The van der Waals surface area contributed by atoms with Gasteiger partial charge in [-0.3, -0.25) is 0 Å². The fourth-order valence-corrected chi connectivity index (χ4v) is 2.84. The molecule has 1 saturated heterocycles. The number of benzene rings is 1. The van der Waals surface area contributed by atoms with Gasteiger partial charge >= 0.3 is 6.09 Å². The summed E-state index contributed by atoms with van der Waals surface area (Å²) < 4.78 is 11.6. The zero-order chi connectivity index (χ0) is 16.3. The number of hydrogen-bond donors (Lipinski definition) is 1. The van der Waals surface area contributed by atoms with Gasteiger partial charge in [0.2, 0.25) is 0 Å². The van der Waals surface area contributed by atoms with Crippen molar-refractivity contribution in [3.05, 3.63) is 22.7 Å². The minimum absolute atomic E-state index is 0.214. The minimum Gasteiger partial charge on any atom is -0.497 e. The van der Waals surface area contributed by atoms with E-state index in [9.17, 15) is 4.79 Å². The highest BCUT2D eigenvalue weighted by molar-refractivity contribution is 9.10. The second-order valence-electron chi connectivity index (χ2n) is 6.44. The van der Waals surface area contributed by atoms with E-state index in [-0.39, 0.29) is 12.1 Å². The number of nitrogens with zero attached hydrogens (tertiary/aromatic N) is 1. The third-order valence-corrected chi connectivity index (χ3v) is 3.78. The first kappa shape index (κ1) is 16.9. The summed E-state index contributed by atoms with van der Waals surface area (Å²) in [5.41, 5.74) is 0.516. The Bertz CT molecular complexity index is 543. The molecule has 0 aromatic heterocycles. The van der Waals surface area contributed by atoms with Crippen LogP contribution in [0, 0.1) is 0 Å². The van der Waals surface area contributed by atoms with Gasteiger partial charge < -0.3 is 19.7 Å². The van der Waals surface area contributed by atoms with E-state index in [1.807, 2.05) is 39.0 Å². The molecule has 0 aliphatic carbocycles. The number of carbonyl (C=O) groups excluding carboxylic acids is 1. The van der Waals surface area contributed by atoms with Gasteiger partial charge in [0.1, 0.15) is 11.4 Å². The van der Waals surface area contributed by atoms with Crippen molar-refractivity contribution in [3.63, 3.8) is 0 Å². The van der Waals surface area contributed by atoms with E-state index in [4.69, 9.17) is 9.47 Å². The molecule has 0 saturated carbocycles. The van der Waals surface area contributed by atoms with Gasteiger partial charge in [-0.1, -0.05) is 15.9 Å². The Labute approximate surface area is 140 Å². The molecule has 1 aromatic carbocycles. The van der Waals surface area contributed by atoms with Crippen LogP contribution in [0.25, 0.3) is 0 Å². The standard InChI is InChI=1S/C16H23BrN2O3/c1-16(2,3)22-15(20)19-6-5-12(10-19)18-13-7-11(17)8-14(9-13)21-4/h7-9,12,18H,5-6,10H2,1-4H3. The Kier molecular flexibility index (Phi) is 5.21. The van der Waals surface area contributed by atoms with E-state index in [0.717, 1.165) is 22.3 Å². The lowest BCUT2D eigenvalue weighted by molar-refractivity contribution is 0.0293. The van der Waals surface area contributed by atoms with E-state index in [2.05, 4.69) is 21.2 Å². The second-order valence-corrected chi connectivity index (χ2v) is 7.35. The number of halogens is 1. The molecule has 6 heteroatoms. The molecule has 0 bridgehead atoms. The van der Waals surface area contributed by atoms with Gasteiger partial charge in [0.05, 0.1) is 7.11 Å². The fraction of sp³-hybridized carbons (Fsp3) is 0.562. The van der Waals surface area contributed by atoms with E-state index < -0.39 is 5.60 Å². The molecule has 0 radical (unpaired) electrons. The lowest BCUT2D eigenvalue weighted by Gasteiger charge is -2.24. The molecule has 1 atom stereocenters. The van der Waals surface area contributed by atoms with Crippen molar-refractivity contribution in [3.8, 4) is 5.75 Å². The Morgan fingerprint density at radius 1 is 1.36 bits per heavy atom. The molecule has 1 amide bonds. The normalized spacial score (nSPS) is 18.2. The highest BCUT2D eigenvalue weighted by Crippen LogP contribution is 2.26. The highest BCUT2D eigenvalue weighted by Gasteiger charge is 2.29. The first-order chi connectivity index (χ1) is 10.3. The SMILES string of the molecule is COc1cc(Br)cc(NC2CCN(C(=O)OC(C)(C)C)C2)c1. The van der Waals surface area contributed by atoms with Gasteiger partial charge in [-0.05, 0) is 39.3 Å². The molecule has 1 aliphatic rings. The summed E-state index contributed by atoms with van der Waals surface area (Å²) in [6, 6.07) is 6.07. The van der Waals surface area contributed by atoms with Gasteiger partial charge in [0.15, 0.2) is 0 Å². The van der Waals surface area contributed by atoms with Gasteiger partial charge in [-0.2, -0.15) is 0 Å². The average Bonchev–Trinajstić information content (AvgIpc) is 2.84. The van der Waals surface area contributed by atoms with Crippen LogP contribution in [0.4, 0.5) is 10.5 Å². The molecule has 2 rings (SSSR count). The van der Waals surface area contributed by atoms with Gasteiger partial charge in [-0.15, -0.1) is 0 Å². The number of anilines is 1. The maximum Gasteiger partial charge on any atom is 0.410 e. The number of nitrogens with one attached hydrogen (secondary N) is 1. The Morgan fingerprint density at radius 2 is 2.09 bits per heavy atom. The maximum absolute atomic E-state index is 12.1. The quantitative estimate of drug-likeness (QED) is 0.876. The largest absolute Gasteiger partial charge is 0.497 e. The number of hydrogen-bond acceptors (Lipinski definition) is 4. The van der Waals surface area contributed by atoms with Crippen LogP contribution in [-0.4, -0.2) is 42.8 Å². The van der Waals surface area contributed by atoms with Crippen LogP contribution in [0.5, 0.6) is 5.75 Å². The topological polar surface area (TPSA) is 50.8 Å². The number of ether oxygens (including phenoxy) is 2. The van der Waals surface area contributed by atoms with E-state index in [1.165, 1.54) is 0 Å². The molecule has 1 heterocycles. The Balaban J connectivity index is 1.94. The van der Waals surface area contributed by atoms with Gasteiger partial charge in [-0.25, -0.2) is 4.79 Å². The first-order valence-electron chi connectivity index (χ1n) is 7.36. The summed E-state index contributed by atoms with van der Waals surface area (Å²) in [4.78, 5) is 13.8. The van der Waals surface area contributed by atoms with Crippen molar-refractivity contribution in [2.45, 2.75) is 38.8 Å². The molecule has 1 aliphatic heterocycles. The van der Waals surface area contributed by atoms with Crippen molar-refractivity contribution >= 4 is 27.7 Å². The zero-order valence-electron chi connectivity index (χ0n) is 13.5. The monoisotopic (exact) mass is 370 g/mol. The number of methoxy groups -OCH3 is 1. The van der Waals surface area contributed by atoms with Crippen LogP contribution in [-0.2, 0) is 4.74 Å². The predicted molar refractivity (Wildman–Crippen MR) is 90.5 cm³/mol. The molecule has 1 fully saturated rings. The molecular formula is C16H23BrN2O3.